The van der Waals surface area contributed by atoms with Crippen molar-refractivity contribution < 1.29 is 17.9 Å². The first-order chi connectivity index (χ1) is 11.9. The van der Waals surface area contributed by atoms with Crippen molar-refractivity contribution in [2.75, 3.05) is 5.73 Å². The minimum atomic E-state index is -4.44. The lowest BCUT2D eigenvalue weighted by atomic mass is 9.98. The molecule has 0 aliphatic rings. The normalized spacial score (nSPS) is 11.3. The fraction of sp³-hybridized carbons (Fsp3) is 0.100. The van der Waals surface area contributed by atoms with E-state index in [4.69, 9.17) is 10.5 Å². The van der Waals surface area contributed by atoms with Crippen LogP contribution in [0.1, 0.15) is 11.1 Å². The number of alkyl halides is 3. The number of nitrogen functional groups attached to an aromatic ring is 1. The first kappa shape index (κ1) is 16.9. The number of nitrogens with two attached hydrogens (primary N) is 1. The molecule has 0 spiro atoms. The van der Waals surface area contributed by atoms with Crippen LogP contribution in [0.2, 0.25) is 0 Å². The van der Waals surface area contributed by atoms with Gasteiger partial charge < -0.3 is 10.5 Å². The molecule has 0 radical (unpaired) electrons. The Balaban J connectivity index is 1.93. The smallest absolute Gasteiger partial charge is 0.417 e. The predicted octanol–water partition coefficient (Wildman–Crippen LogP) is 5.53. The number of ether oxygens (including phenoxy) is 1. The van der Waals surface area contributed by atoms with Gasteiger partial charge in [-0.3, -0.25) is 0 Å². The first-order valence-electron chi connectivity index (χ1n) is 7.67. The molecule has 3 rings (SSSR count). The van der Waals surface area contributed by atoms with Gasteiger partial charge in [0.1, 0.15) is 12.4 Å². The number of benzene rings is 3. The molecule has 0 aliphatic heterocycles. The fourth-order valence-corrected chi connectivity index (χ4v) is 2.58. The molecule has 25 heavy (non-hydrogen) atoms. The molecular formula is C20H16F3NO. The van der Waals surface area contributed by atoms with Gasteiger partial charge in [0.2, 0.25) is 0 Å². The highest BCUT2D eigenvalue weighted by atomic mass is 19.4. The number of hydrogen-bond acceptors (Lipinski definition) is 2. The van der Waals surface area contributed by atoms with E-state index in [-0.39, 0.29) is 5.56 Å². The zero-order valence-corrected chi connectivity index (χ0v) is 13.3. The van der Waals surface area contributed by atoms with Crippen LogP contribution in [0.15, 0.2) is 72.8 Å². The van der Waals surface area contributed by atoms with E-state index >= 15 is 0 Å². The van der Waals surface area contributed by atoms with Gasteiger partial charge in [-0.2, -0.15) is 13.2 Å². The van der Waals surface area contributed by atoms with Crippen LogP contribution in [-0.2, 0) is 12.8 Å². The quantitative estimate of drug-likeness (QED) is 0.632. The van der Waals surface area contributed by atoms with Gasteiger partial charge in [0, 0.05) is 11.8 Å². The highest BCUT2D eigenvalue weighted by Gasteiger charge is 2.33. The maximum absolute atomic E-state index is 13.2. The van der Waals surface area contributed by atoms with E-state index in [1.807, 2.05) is 30.3 Å². The van der Waals surface area contributed by atoms with Crippen LogP contribution in [0.4, 0.5) is 18.9 Å². The fourth-order valence-electron chi connectivity index (χ4n) is 2.58. The first-order valence-corrected chi connectivity index (χ1v) is 7.67. The molecule has 3 aromatic rings. The minimum Gasteiger partial charge on any atom is -0.489 e. The molecule has 128 valence electrons. The molecule has 2 nitrogen and oxygen atoms in total. The van der Waals surface area contributed by atoms with Crippen LogP contribution < -0.4 is 10.5 Å². The Bertz CT molecular complexity index is 860. The second-order valence-electron chi connectivity index (χ2n) is 5.61. The lowest BCUT2D eigenvalue weighted by Crippen LogP contribution is -2.07. The third-order valence-electron chi connectivity index (χ3n) is 3.72. The van der Waals surface area contributed by atoms with Crippen molar-refractivity contribution in [3.05, 3.63) is 83.9 Å². The molecule has 0 heterocycles. The lowest BCUT2D eigenvalue weighted by Gasteiger charge is -2.15. The van der Waals surface area contributed by atoms with Crippen LogP contribution in [0.25, 0.3) is 11.1 Å². The van der Waals surface area contributed by atoms with Crippen LogP contribution in [-0.4, -0.2) is 0 Å². The third-order valence-corrected chi connectivity index (χ3v) is 3.72. The van der Waals surface area contributed by atoms with Crippen molar-refractivity contribution >= 4 is 5.69 Å². The molecule has 0 aromatic heterocycles. The largest absolute Gasteiger partial charge is 0.489 e. The second kappa shape index (κ2) is 6.89. The Morgan fingerprint density at radius 3 is 2.24 bits per heavy atom. The van der Waals surface area contributed by atoms with Crippen LogP contribution in [0, 0.1) is 0 Å². The summed E-state index contributed by atoms with van der Waals surface area (Å²) in [5.74, 6) is 0.427. The number of halogens is 3. The summed E-state index contributed by atoms with van der Waals surface area (Å²) in [6.07, 6.45) is -4.44. The molecule has 0 aliphatic carbocycles. The van der Waals surface area contributed by atoms with Gasteiger partial charge in [-0.25, -0.2) is 0 Å². The zero-order valence-electron chi connectivity index (χ0n) is 13.3. The van der Waals surface area contributed by atoms with E-state index in [1.54, 1.807) is 18.2 Å². The lowest BCUT2D eigenvalue weighted by molar-refractivity contribution is -0.137. The van der Waals surface area contributed by atoms with E-state index in [0.717, 1.165) is 11.6 Å². The topological polar surface area (TPSA) is 35.2 Å². The van der Waals surface area contributed by atoms with E-state index in [2.05, 4.69) is 0 Å². The molecule has 0 fully saturated rings. The summed E-state index contributed by atoms with van der Waals surface area (Å²) in [4.78, 5) is 0. The molecule has 5 heteroatoms. The van der Waals surface area contributed by atoms with Crippen LogP contribution in [0.3, 0.4) is 0 Å². The molecule has 0 amide bonds. The number of hydrogen-bond donors (Lipinski definition) is 1. The summed E-state index contributed by atoms with van der Waals surface area (Å²) in [5.41, 5.74) is 6.92. The summed E-state index contributed by atoms with van der Waals surface area (Å²) < 4.78 is 45.4. The van der Waals surface area contributed by atoms with Crippen molar-refractivity contribution in [3.63, 3.8) is 0 Å². The van der Waals surface area contributed by atoms with E-state index < -0.39 is 11.7 Å². The summed E-state index contributed by atoms with van der Waals surface area (Å²) >= 11 is 0. The van der Waals surface area contributed by atoms with E-state index in [9.17, 15) is 13.2 Å². The standard InChI is InChI=1S/C20H16F3NO/c21-20(22,23)19-9-5-4-8-18(19)15-10-16(24)12-17(11-15)25-13-14-6-2-1-3-7-14/h1-12H,13,24H2. The molecule has 2 N–H and O–H groups in total. The minimum absolute atomic E-state index is 0.0758. The zero-order chi connectivity index (χ0) is 17.9. The summed E-state index contributed by atoms with van der Waals surface area (Å²) in [6, 6.07) is 19.6. The van der Waals surface area contributed by atoms with E-state index in [0.29, 0.717) is 23.6 Å². The molecule has 0 atom stereocenters. The second-order valence-corrected chi connectivity index (χ2v) is 5.61. The Kier molecular flexibility index (Phi) is 4.65. The third kappa shape index (κ3) is 4.12. The van der Waals surface area contributed by atoms with Crippen molar-refractivity contribution in [1.82, 2.24) is 0 Å². The highest BCUT2D eigenvalue weighted by molar-refractivity contribution is 5.73. The Labute approximate surface area is 143 Å². The Hall–Kier alpha value is -2.95. The SMILES string of the molecule is Nc1cc(OCc2ccccc2)cc(-c2ccccc2C(F)(F)F)c1. The molecular weight excluding hydrogens is 327 g/mol. The molecule has 0 unspecified atom stereocenters. The Morgan fingerprint density at radius 1 is 0.840 bits per heavy atom. The van der Waals surface area contributed by atoms with Gasteiger partial charge >= 0.3 is 6.18 Å². The average Bonchev–Trinajstić information content (AvgIpc) is 2.60. The molecule has 3 aromatic carbocycles. The maximum Gasteiger partial charge on any atom is 0.417 e. The van der Waals surface area contributed by atoms with E-state index in [1.165, 1.54) is 18.2 Å². The van der Waals surface area contributed by atoms with Crippen molar-refractivity contribution in [2.45, 2.75) is 12.8 Å². The maximum atomic E-state index is 13.2. The number of anilines is 1. The van der Waals surface area contributed by atoms with Gasteiger partial charge in [0.25, 0.3) is 0 Å². The van der Waals surface area contributed by atoms with Crippen molar-refractivity contribution in [3.8, 4) is 16.9 Å². The van der Waals surface area contributed by atoms with Crippen molar-refractivity contribution in [1.29, 1.82) is 0 Å². The predicted molar refractivity (Wildman–Crippen MR) is 92.1 cm³/mol. The van der Waals surface area contributed by atoms with Gasteiger partial charge in [-0.1, -0.05) is 48.5 Å². The van der Waals surface area contributed by atoms with Gasteiger partial charge in [-0.15, -0.1) is 0 Å². The molecule has 0 bridgehead atoms. The summed E-state index contributed by atoms with van der Waals surface area (Å²) in [5, 5.41) is 0. The Morgan fingerprint density at radius 2 is 1.52 bits per heavy atom. The van der Waals surface area contributed by atoms with Crippen LogP contribution in [0.5, 0.6) is 5.75 Å². The average molecular weight is 343 g/mol. The number of rotatable bonds is 4. The highest BCUT2D eigenvalue weighted by Crippen LogP contribution is 2.38. The van der Waals surface area contributed by atoms with Crippen LogP contribution >= 0.6 is 0 Å². The molecule has 0 saturated heterocycles. The van der Waals surface area contributed by atoms with Gasteiger partial charge in [0.05, 0.1) is 5.56 Å². The summed E-state index contributed by atoms with van der Waals surface area (Å²) in [7, 11) is 0. The van der Waals surface area contributed by atoms with Gasteiger partial charge in [0.15, 0.2) is 0 Å². The van der Waals surface area contributed by atoms with Crippen molar-refractivity contribution in [2.24, 2.45) is 0 Å². The monoisotopic (exact) mass is 343 g/mol. The van der Waals surface area contributed by atoms with Gasteiger partial charge in [-0.05, 0) is 34.9 Å². The summed E-state index contributed by atoms with van der Waals surface area (Å²) in [6.45, 7) is 0.310. The molecule has 0 saturated carbocycles.